The molecule has 164 valence electrons. The van der Waals surface area contributed by atoms with Crippen LogP contribution in [0, 0.1) is 13.8 Å². The molecule has 0 amide bonds. The number of benzene rings is 4. The van der Waals surface area contributed by atoms with Crippen molar-refractivity contribution < 1.29 is 8.83 Å². The Balaban J connectivity index is 1.18. The molecule has 2 aromatic heterocycles. The quantitative estimate of drug-likeness (QED) is 0.259. The lowest BCUT2D eigenvalue weighted by atomic mass is 10.1. The lowest BCUT2D eigenvalue weighted by molar-refractivity contribution is 0.619. The van der Waals surface area contributed by atoms with Crippen LogP contribution in [-0.2, 0) is 0 Å². The molecule has 0 atom stereocenters. The summed E-state index contributed by atoms with van der Waals surface area (Å²) in [5.41, 5.74) is 9.86. The molecule has 0 saturated carbocycles. The molecule has 0 N–H and O–H groups in total. The molecule has 0 saturated heterocycles. The second-order valence-electron chi connectivity index (χ2n) is 8.56. The van der Waals surface area contributed by atoms with Crippen molar-refractivity contribution >= 4 is 34.4 Å². The van der Waals surface area contributed by atoms with Crippen LogP contribution < -0.4 is 0 Å². The van der Waals surface area contributed by atoms with E-state index in [-0.39, 0.29) is 0 Å². The summed E-state index contributed by atoms with van der Waals surface area (Å²) in [6.07, 6.45) is 4.19. The van der Waals surface area contributed by atoms with E-state index in [1.165, 1.54) is 11.1 Å². The second-order valence-corrected chi connectivity index (χ2v) is 8.56. The topological polar surface area (TPSA) is 52.1 Å². The number of aromatic nitrogens is 2. The first-order chi connectivity index (χ1) is 16.6. The van der Waals surface area contributed by atoms with Gasteiger partial charge in [-0.15, -0.1) is 0 Å². The molecule has 0 unspecified atom stereocenters. The van der Waals surface area contributed by atoms with Gasteiger partial charge >= 0.3 is 0 Å². The third-order valence-corrected chi connectivity index (χ3v) is 5.87. The van der Waals surface area contributed by atoms with Crippen LogP contribution in [0.25, 0.3) is 57.3 Å². The van der Waals surface area contributed by atoms with E-state index in [1.807, 2.05) is 60.7 Å². The van der Waals surface area contributed by atoms with Crippen molar-refractivity contribution in [1.29, 1.82) is 0 Å². The van der Waals surface area contributed by atoms with E-state index in [4.69, 9.17) is 8.83 Å². The van der Waals surface area contributed by atoms with E-state index in [9.17, 15) is 0 Å². The summed E-state index contributed by atoms with van der Waals surface area (Å²) in [6, 6.07) is 28.5. The van der Waals surface area contributed by atoms with Crippen molar-refractivity contribution in [2.24, 2.45) is 0 Å². The Kier molecular flexibility index (Phi) is 4.84. The van der Waals surface area contributed by atoms with E-state index in [0.29, 0.717) is 11.8 Å². The van der Waals surface area contributed by atoms with Gasteiger partial charge in [0, 0.05) is 11.1 Å². The minimum Gasteiger partial charge on any atom is -0.436 e. The highest BCUT2D eigenvalue weighted by molar-refractivity contribution is 5.79. The first-order valence-corrected chi connectivity index (χ1v) is 11.2. The van der Waals surface area contributed by atoms with Crippen LogP contribution in [0.2, 0.25) is 0 Å². The first-order valence-electron chi connectivity index (χ1n) is 11.2. The summed E-state index contributed by atoms with van der Waals surface area (Å²) in [4.78, 5) is 9.24. The zero-order valence-electron chi connectivity index (χ0n) is 18.9. The van der Waals surface area contributed by atoms with Gasteiger partial charge < -0.3 is 8.83 Å². The fourth-order valence-electron chi connectivity index (χ4n) is 3.99. The molecule has 0 aliphatic heterocycles. The highest BCUT2D eigenvalue weighted by Gasteiger charge is 2.09. The summed E-state index contributed by atoms with van der Waals surface area (Å²) in [6.45, 7) is 4.11. The number of hydrogen-bond acceptors (Lipinski definition) is 4. The van der Waals surface area contributed by atoms with Gasteiger partial charge in [0.25, 0.3) is 0 Å². The number of rotatable bonds is 4. The minimum absolute atomic E-state index is 0.640. The van der Waals surface area contributed by atoms with Crippen molar-refractivity contribution in [1.82, 2.24) is 9.97 Å². The Morgan fingerprint density at radius 1 is 0.529 bits per heavy atom. The van der Waals surface area contributed by atoms with Gasteiger partial charge in [0.1, 0.15) is 11.0 Å². The number of hydrogen-bond donors (Lipinski definition) is 0. The number of nitrogens with zero attached hydrogens (tertiary/aromatic N) is 2. The van der Waals surface area contributed by atoms with Crippen LogP contribution in [0.15, 0.2) is 93.8 Å². The van der Waals surface area contributed by atoms with Crippen LogP contribution in [0.3, 0.4) is 0 Å². The molecule has 34 heavy (non-hydrogen) atoms. The predicted octanol–water partition coefficient (Wildman–Crippen LogP) is 8.09. The molecule has 0 bridgehead atoms. The van der Waals surface area contributed by atoms with Crippen LogP contribution >= 0.6 is 0 Å². The molecule has 0 aliphatic carbocycles. The maximum absolute atomic E-state index is 5.91. The average Bonchev–Trinajstić information content (AvgIpc) is 3.47. The second kappa shape index (κ2) is 8.16. The molecule has 4 nitrogen and oxygen atoms in total. The van der Waals surface area contributed by atoms with E-state index in [1.54, 1.807) is 0 Å². The van der Waals surface area contributed by atoms with Crippen LogP contribution in [-0.4, -0.2) is 9.97 Å². The standard InChI is InChI=1S/C30H22N2O2/c1-19-3-15-27-25(17-19)31-29(33-27)23-11-7-21(8-12-23)5-6-22-9-13-24(14-10-22)30-32-26-18-20(2)4-16-28(26)34-30/h3-18H,1-2H3/b6-5+. The smallest absolute Gasteiger partial charge is 0.227 e. The SMILES string of the molecule is Cc1ccc2oc(-c3ccc(/C=C/c4ccc(-c5nc6cc(C)ccc6o5)cc4)cc3)nc2c1. The molecule has 4 aromatic carbocycles. The van der Waals surface area contributed by atoms with E-state index in [0.717, 1.165) is 44.5 Å². The maximum Gasteiger partial charge on any atom is 0.227 e. The third kappa shape index (κ3) is 3.90. The van der Waals surface area contributed by atoms with Gasteiger partial charge in [0.05, 0.1) is 0 Å². The van der Waals surface area contributed by atoms with Crippen molar-refractivity contribution in [2.75, 3.05) is 0 Å². The number of fused-ring (bicyclic) bond motifs is 2. The Morgan fingerprint density at radius 3 is 1.35 bits per heavy atom. The van der Waals surface area contributed by atoms with Crippen molar-refractivity contribution in [3.05, 3.63) is 107 Å². The van der Waals surface area contributed by atoms with Crippen molar-refractivity contribution in [2.45, 2.75) is 13.8 Å². The van der Waals surface area contributed by atoms with Crippen molar-refractivity contribution in [3.8, 4) is 22.9 Å². The molecule has 0 spiro atoms. The molecule has 2 heterocycles. The molecule has 0 fully saturated rings. The molecule has 0 radical (unpaired) electrons. The normalized spacial score (nSPS) is 11.7. The highest BCUT2D eigenvalue weighted by atomic mass is 16.4. The number of aryl methyl sites for hydroxylation is 2. The molecule has 6 rings (SSSR count). The molecular formula is C30H22N2O2. The highest BCUT2D eigenvalue weighted by Crippen LogP contribution is 2.27. The summed E-state index contributed by atoms with van der Waals surface area (Å²) >= 11 is 0. The Bertz CT molecular complexity index is 1530. The van der Waals surface area contributed by atoms with E-state index < -0.39 is 0 Å². The number of oxazole rings is 2. The summed E-state index contributed by atoms with van der Waals surface area (Å²) in [7, 11) is 0. The average molecular weight is 443 g/mol. The summed E-state index contributed by atoms with van der Waals surface area (Å²) < 4.78 is 11.8. The van der Waals surface area contributed by atoms with Gasteiger partial charge in [-0.05, 0) is 84.6 Å². The first kappa shape index (κ1) is 20.2. The molecule has 0 aliphatic rings. The van der Waals surface area contributed by atoms with Crippen LogP contribution in [0.4, 0.5) is 0 Å². The Morgan fingerprint density at radius 2 is 0.941 bits per heavy atom. The van der Waals surface area contributed by atoms with Crippen molar-refractivity contribution in [3.63, 3.8) is 0 Å². The Hall–Kier alpha value is -4.44. The lowest BCUT2D eigenvalue weighted by Crippen LogP contribution is -1.80. The largest absolute Gasteiger partial charge is 0.436 e. The summed E-state index contributed by atoms with van der Waals surface area (Å²) in [5.74, 6) is 1.28. The molecule has 6 aromatic rings. The van der Waals surface area contributed by atoms with E-state index >= 15 is 0 Å². The summed E-state index contributed by atoms with van der Waals surface area (Å²) in [5, 5.41) is 0. The van der Waals surface area contributed by atoms with Gasteiger partial charge in [-0.1, -0.05) is 48.6 Å². The maximum atomic E-state index is 5.91. The predicted molar refractivity (Wildman–Crippen MR) is 137 cm³/mol. The van der Waals surface area contributed by atoms with Gasteiger partial charge in [-0.3, -0.25) is 0 Å². The molecular weight excluding hydrogens is 420 g/mol. The Labute approximate surface area is 197 Å². The van der Waals surface area contributed by atoms with Crippen LogP contribution in [0.1, 0.15) is 22.3 Å². The fourth-order valence-corrected chi connectivity index (χ4v) is 3.99. The van der Waals surface area contributed by atoms with Crippen LogP contribution in [0.5, 0.6) is 0 Å². The van der Waals surface area contributed by atoms with Gasteiger partial charge in [0.2, 0.25) is 11.8 Å². The van der Waals surface area contributed by atoms with E-state index in [2.05, 4.69) is 60.2 Å². The zero-order valence-corrected chi connectivity index (χ0v) is 18.9. The minimum atomic E-state index is 0.640. The fraction of sp³-hybridized carbons (Fsp3) is 0.0667. The lowest BCUT2D eigenvalue weighted by Gasteiger charge is -1.99. The van der Waals surface area contributed by atoms with Gasteiger partial charge in [-0.2, -0.15) is 0 Å². The molecule has 4 heteroatoms. The van der Waals surface area contributed by atoms with Gasteiger partial charge in [-0.25, -0.2) is 9.97 Å². The third-order valence-electron chi connectivity index (χ3n) is 5.87. The van der Waals surface area contributed by atoms with Gasteiger partial charge in [0.15, 0.2) is 11.2 Å². The monoisotopic (exact) mass is 442 g/mol. The zero-order chi connectivity index (χ0) is 23.1.